The van der Waals surface area contributed by atoms with Gasteiger partial charge in [0.15, 0.2) is 5.78 Å². The van der Waals surface area contributed by atoms with Crippen molar-refractivity contribution in [2.45, 2.75) is 0 Å². The fraction of sp³-hybridized carbons (Fsp3) is 0.111. The van der Waals surface area contributed by atoms with Crippen molar-refractivity contribution in [2.75, 3.05) is 5.88 Å². The number of carbonyl (C=O) groups is 1. The standard InChI is InChI=1S/C9H5ClN2O4/c10-3-8(14)9-5(4-11)1-6(12(15)16)2-7(9)13/h1-2,13H,3H2. The Morgan fingerprint density at radius 3 is 2.69 bits per heavy atom. The molecular formula is C9H5ClN2O4. The highest BCUT2D eigenvalue weighted by molar-refractivity contribution is 6.31. The molecule has 0 saturated carbocycles. The number of benzene rings is 1. The normalized spacial score (nSPS) is 9.50. The zero-order valence-corrected chi connectivity index (χ0v) is 8.56. The van der Waals surface area contributed by atoms with E-state index in [0.29, 0.717) is 0 Å². The monoisotopic (exact) mass is 240 g/mol. The molecule has 0 radical (unpaired) electrons. The number of ketones is 1. The Balaban J connectivity index is 3.48. The molecular weight excluding hydrogens is 236 g/mol. The quantitative estimate of drug-likeness (QED) is 0.374. The Morgan fingerprint density at radius 2 is 2.25 bits per heavy atom. The Hall–Kier alpha value is -2.13. The molecule has 0 aromatic heterocycles. The molecule has 1 aromatic carbocycles. The van der Waals surface area contributed by atoms with E-state index in [1.807, 2.05) is 0 Å². The fourth-order valence-corrected chi connectivity index (χ4v) is 1.30. The average Bonchev–Trinajstić information content (AvgIpc) is 2.26. The third-order valence-corrected chi connectivity index (χ3v) is 2.08. The molecule has 0 aliphatic heterocycles. The van der Waals surface area contributed by atoms with Crippen molar-refractivity contribution in [3.63, 3.8) is 0 Å². The summed E-state index contributed by atoms with van der Waals surface area (Å²) in [6, 6.07) is 3.33. The molecule has 1 aromatic rings. The summed E-state index contributed by atoms with van der Waals surface area (Å²) >= 11 is 5.29. The number of alkyl halides is 1. The molecule has 1 N–H and O–H groups in total. The van der Waals surface area contributed by atoms with E-state index in [1.54, 1.807) is 6.07 Å². The molecule has 16 heavy (non-hydrogen) atoms. The van der Waals surface area contributed by atoms with Crippen LogP contribution in [0, 0.1) is 21.4 Å². The minimum atomic E-state index is -0.768. The SMILES string of the molecule is N#Cc1cc([N+](=O)[O-])cc(O)c1C(=O)CCl. The summed E-state index contributed by atoms with van der Waals surface area (Å²) in [6.45, 7) is 0. The number of halogens is 1. The van der Waals surface area contributed by atoms with E-state index in [1.165, 1.54) is 0 Å². The second-order valence-electron chi connectivity index (χ2n) is 2.81. The van der Waals surface area contributed by atoms with Crippen LogP contribution in [0.1, 0.15) is 15.9 Å². The molecule has 7 heteroatoms. The van der Waals surface area contributed by atoms with Crippen LogP contribution in [0.25, 0.3) is 0 Å². The molecule has 0 amide bonds. The number of carbonyl (C=O) groups excluding carboxylic acids is 1. The predicted molar refractivity (Wildman–Crippen MR) is 54.5 cm³/mol. The zero-order chi connectivity index (χ0) is 12.3. The molecule has 82 valence electrons. The van der Waals surface area contributed by atoms with Gasteiger partial charge in [0.1, 0.15) is 11.8 Å². The Bertz CT molecular complexity index is 507. The summed E-state index contributed by atoms with van der Waals surface area (Å²) < 4.78 is 0. The molecule has 0 atom stereocenters. The van der Waals surface area contributed by atoms with Gasteiger partial charge in [0.05, 0.1) is 28.0 Å². The molecule has 0 bridgehead atoms. The lowest BCUT2D eigenvalue weighted by Crippen LogP contribution is -2.05. The first-order valence-electron chi connectivity index (χ1n) is 4.02. The predicted octanol–water partition coefficient (Wildman–Crippen LogP) is 1.59. The molecule has 0 aliphatic carbocycles. The highest BCUT2D eigenvalue weighted by atomic mass is 35.5. The summed E-state index contributed by atoms with van der Waals surface area (Å²) in [4.78, 5) is 21.0. The zero-order valence-electron chi connectivity index (χ0n) is 7.81. The largest absolute Gasteiger partial charge is 0.507 e. The van der Waals surface area contributed by atoms with Crippen LogP contribution in [0.2, 0.25) is 0 Å². The first-order valence-corrected chi connectivity index (χ1v) is 4.55. The number of Topliss-reactive ketones (excluding diaryl/α,β-unsaturated/α-hetero) is 1. The van der Waals surface area contributed by atoms with Crippen LogP contribution in [0.5, 0.6) is 5.75 Å². The molecule has 0 aliphatic rings. The Morgan fingerprint density at radius 1 is 1.62 bits per heavy atom. The molecule has 0 saturated heterocycles. The van der Waals surface area contributed by atoms with Gasteiger partial charge in [0, 0.05) is 6.07 Å². The molecule has 0 heterocycles. The van der Waals surface area contributed by atoms with Gasteiger partial charge in [-0.3, -0.25) is 14.9 Å². The van der Waals surface area contributed by atoms with Crippen molar-refractivity contribution in [1.29, 1.82) is 5.26 Å². The molecule has 0 unspecified atom stereocenters. The smallest absolute Gasteiger partial charge is 0.274 e. The van der Waals surface area contributed by atoms with Gasteiger partial charge in [-0.05, 0) is 0 Å². The minimum absolute atomic E-state index is 0.266. The second kappa shape index (κ2) is 4.59. The third kappa shape index (κ3) is 2.10. The number of rotatable bonds is 3. The van der Waals surface area contributed by atoms with Gasteiger partial charge in [-0.15, -0.1) is 11.6 Å². The van der Waals surface area contributed by atoms with Gasteiger partial charge in [-0.2, -0.15) is 5.26 Å². The lowest BCUT2D eigenvalue weighted by molar-refractivity contribution is -0.385. The number of nitrogens with zero attached hydrogens (tertiary/aromatic N) is 2. The number of non-ortho nitro benzene ring substituents is 1. The third-order valence-electron chi connectivity index (χ3n) is 1.83. The number of nitro groups is 1. The number of aromatic hydroxyl groups is 1. The minimum Gasteiger partial charge on any atom is -0.507 e. The van der Waals surface area contributed by atoms with Gasteiger partial charge >= 0.3 is 0 Å². The van der Waals surface area contributed by atoms with Crippen molar-refractivity contribution >= 4 is 23.1 Å². The van der Waals surface area contributed by atoms with E-state index >= 15 is 0 Å². The number of phenolic OH excluding ortho intramolecular Hbond substituents is 1. The first kappa shape index (κ1) is 11.9. The van der Waals surface area contributed by atoms with E-state index in [2.05, 4.69) is 0 Å². The fourth-order valence-electron chi connectivity index (χ4n) is 1.17. The summed E-state index contributed by atoms with van der Waals surface area (Å²) in [5.74, 6) is -1.69. The van der Waals surface area contributed by atoms with Crippen molar-refractivity contribution in [2.24, 2.45) is 0 Å². The van der Waals surface area contributed by atoms with Crippen LogP contribution >= 0.6 is 11.6 Å². The van der Waals surface area contributed by atoms with Crippen molar-refractivity contribution in [3.8, 4) is 11.8 Å². The van der Waals surface area contributed by atoms with E-state index < -0.39 is 28.0 Å². The first-order chi connectivity index (χ1) is 7.51. The summed E-state index contributed by atoms with van der Waals surface area (Å²) in [5.41, 5.74) is -1.01. The lowest BCUT2D eigenvalue weighted by atomic mass is 10.0. The number of hydrogen-bond acceptors (Lipinski definition) is 5. The van der Waals surface area contributed by atoms with Crippen molar-refractivity contribution in [1.82, 2.24) is 0 Å². The van der Waals surface area contributed by atoms with Crippen LogP contribution < -0.4 is 0 Å². The maximum absolute atomic E-state index is 11.3. The topological polar surface area (TPSA) is 104 Å². The molecule has 0 fully saturated rings. The van der Waals surface area contributed by atoms with Gasteiger partial charge in [-0.1, -0.05) is 0 Å². The summed E-state index contributed by atoms with van der Waals surface area (Å²) in [5, 5.41) is 28.6. The number of hydrogen-bond donors (Lipinski definition) is 1. The van der Waals surface area contributed by atoms with Gasteiger partial charge in [-0.25, -0.2) is 0 Å². The molecule has 0 spiro atoms. The van der Waals surface area contributed by atoms with Crippen LogP contribution in [0.4, 0.5) is 5.69 Å². The van der Waals surface area contributed by atoms with Gasteiger partial charge < -0.3 is 5.11 Å². The van der Waals surface area contributed by atoms with Crippen LogP contribution in [0.15, 0.2) is 12.1 Å². The highest BCUT2D eigenvalue weighted by Gasteiger charge is 2.20. The van der Waals surface area contributed by atoms with E-state index in [9.17, 15) is 20.0 Å². The maximum atomic E-state index is 11.3. The summed E-state index contributed by atoms with van der Waals surface area (Å²) in [7, 11) is 0. The van der Waals surface area contributed by atoms with Crippen LogP contribution in [0.3, 0.4) is 0 Å². The van der Waals surface area contributed by atoms with Crippen LogP contribution in [-0.2, 0) is 0 Å². The number of phenols is 1. The highest BCUT2D eigenvalue weighted by Crippen LogP contribution is 2.28. The van der Waals surface area contributed by atoms with Gasteiger partial charge in [0.2, 0.25) is 0 Å². The molecule has 1 rings (SSSR count). The maximum Gasteiger partial charge on any atom is 0.274 e. The molecule has 6 nitrogen and oxygen atoms in total. The summed E-state index contributed by atoms with van der Waals surface area (Å²) in [6.07, 6.45) is 0. The van der Waals surface area contributed by atoms with Gasteiger partial charge in [0.25, 0.3) is 5.69 Å². The van der Waals surface area contributed by atoms with E-state index in [4.69, 9.17) is 16.9 Å². The average molecular weight is 241 g/mol. The van der Waals surface area contributed by atoms with Crippen LogP contribution in [-0.4, -0.2) is 21.7 Å². The van der Waals surface area contributed by atoms with Crippen molar-refractivity contribution < 1.29 is 14.8 Å². The lowest BCUT2D eigenvalue weighted by Gasteiger charge is -2.03. The number of nitriles is 1. The van der Waals surface area contributed by atoms with E-state index in [0.717, 1.165) is 12.1 Å². The van der Waals surface area contributed by atoms with E-state index in [-0.39, 0.29) is 11.1 Å². The Labute approximate surface area is 94.8 Å². The number of nitro benzene ring substituents is 1. The van der Waals surface area contributed by atoms with Crippen molar-refractivity contribution in [3.05, 3.63) is 33.4 Å². The Kier molecular flexibility index (Phi) is 3.43. The second-order valence-corrected chi connectivity index (χ2v) is 3.08.